The molecular weight excluding hydrogens is 496 g/mol. The molecule has 1 aromatic heterocycles. The third kappa shape index (κ3) is 6.26. The Bertz CT molecular complexity index is 1210. The van der Waals surface area contributed by atoms with Gasteiger partial charge in [0.2, 0.25) is 5.91 Å². The van der Waals surface area contributed by atoms with Crippen LogP contribution >= 0.6 is 11.6 Å². The molecule has 8 nitrogen and oxygen atoms in total. The number of likely N-dealkylation sites (tertiary alicyclic amines) is 1. The van der Waals surface area contributed by atoms with Gasteiger partial charge in [-0.25, -0.2) is 0 Å². The molecule has 196 valence electrons. The van der Waals surface area contributed by atoms with Gasteiger partial charge in [-0.05, 0) is 55.3 Å². The number of hydrogen-bond donors (Lipinski definition) is 1. The van der Waals surface area contributed by atoms with E-state index in [1.54, 1.807) is 19.1 Å². The molecule has 0 unspecified atom stereocenters. The van der Waals surface area contributed by atoms with E-state index in [-0.39, 0.29) is 24.3 Å². The van der Waals surface area contributed by atoms with Gasteiger partial charge in [0.1, 0.15) is 6.10 Å². The number of fused-ring (bicyclic) bond motifs is 3. The zero-order chi connectivity index (χ0) is 26.4. The summed E-state index contributed by atoms with van der Waals surface area (Å²) < 4.78 is 18.1. The quantitative estimate of drug-likeness (QED) is 0.496. The van der Waals surface area contributed by atoms with Crippen LogP contribution < -0.4 is 9.47 Å². The summed E-state index contributed by atoms with van der Waals surface area (Å²) >= 11 is 6.12. The summed E-state index contributed by atoms with van der Waals surface area (Å²) in [6, 6.07) is 17.1. The number of aliphatic carboxylic acids is 1. The molecule has 3 aromatic rings. The third-order valence-corrected chi connectivity index (χ3v) is 6.93. The molecule has 1 saturated heterocycles. The highest BCUT2D eigenvalue weighted by Crippen LogP contribution is 2.33. The maximum absolute atomic E-state index is 12.8. The maximum Gasteiger partial charge on any atom is 0.306 e. The highest BCUT2D eigenvalue weighted by atomic mass is 35.5. The van der Waals surface area contributed by atoms with Crippen molar-refractivity contribution in [2.45, 2.75) is 32.0 Å². The summed E-state index contributed by atoms with van der Waals surface area (Å²) in [5.74, 6) is 0.415. The molecule has 0 radical (unpaired) electrons. The Balaban J connectivity index is 0.000000270. The topological polar surface area (TPSA) is 90.2 Å². The Hall–Kier alpha value is -3.49. The normalized spacial score (nSPS) is 16.9. The molecule has 1 amide bonds. The molecule has 1 fully saturated rings. The molecule has 1 N–H and O–H groups in total. The van der Waals surface area contributed by atoms with Crippen molar-refractivity contribution in [1.82, 2.24) is 9.47 Å². The van der Waals surface area contributed by atoms with Crippen molar-refractivity contribution in [2.75, 3.05) is 27.3 Å². The molecule has 2 aliphatic rings. The van der Waals surface area contributed by atoms with E-state index in [1.807, 2.05) is 65.4 Å². The number of halogens is 1. The van der Waals surface area contributed by atoms with Gasteiger partial charge >= 0.3 is 5.97 Å². The molecule has 2 aliphatic heterocycles. The summed E-state index contributed by atoms with van der Waals surface area (Å²) in [6.07, 6.45) is 2.87. The number of benzene rings is 2. The molecular formula is C28H31ClN2O6. The molecule has 1 atom stereocenters. The Morgan fingerprint density at radius 2 is 1.70 bits per heavy atom. The van der Waals surface area contributed by atoms with Crippen molar-refractivity contribution in [3.8, 4) is 17.2 Å². The second-order valence-corrected chi connectivity index (χ2v) is 9.36. The fraction of sp³-hybridized carbons (Fsp3) is 0.357. The largest absolute Gasteiger partial charge is 0.493 e. The lowest BCUT2D eigenvalue weighted by Gasteiger charge is -2.31. The number of carboxylic acid groups (broad SMARTS) is 1. The number of hydrogen-bond acceptors (Lipinski definition) is 5. The van der Waals surface area contributed by atoms with E-state index in [0.717, 1.165) is 28.4 Å². The Labute approximate surface area is 221 Å². The molecule has 0 bridgehead atoms. The Morgan fingerprint density at radius 3 is 2.32 bits per heavy atom. The highest BCUT2D eigenvalue weighted by Gasteiger charge is 2.30. The molecule has 0 aliphatic carbocycles. The van der Waals surface area contributed by atoms with Crippen LogP contribution in [0.15, 0.2) is 60.8 Å². The highest BCUT2D eigenvalue weighted by molar-refractivity contribution is 6.30. The lowest BCUT2D eigenvalue weighted by Crippen LogP contribution is -2.40. The number of piperidine rings is 1. The monoisotopic (exact) mass is 526 g/mol. The number of ether oxygens (including phenoxy) is 3. The second kappa shape index (κ2) is 12.2. The number of amides is 1. The summed E-state index contributed by atoms with van der Waals surface area (Å²) in [7, 11) is 3.25. The lowest BCUT2D eigenvalue weighted by molar-refractivity contribution is -0.146. The van der Waals surface area contributed by atoms with Crippen molar-refractivity contribution in [3.63, 3.8) is 0 Å². The van der Waals surface area contributed by atoms with Gasteiger partial charge in [-0.2, -0.15) is 0 Å². The van der Waals surface area contributed by atoms with Gasteiger partial charge in [-0.3, -0.25) is 9.59 Å². The van der Waals surface area contributed by atoms with Gasteiger partial charge in [0.15, 0.2) is 11.5 Å². The van der Waals surface area contributed by atoms with Crippen molar-refractivity contribution in [2.24, 2.45) is 5.92 Å². The number of carbonyl (C=O) groups excluding carboxylic acids is 1. The number of nitrogens with zero attached hydrogens (tertiary/aromatic N) is 2. The van der Waals surface area contributed by atoms with Crippen LogP contribution in [0.25, 0.3) is 5.69 Å². The minimum atomic E-state index is -0.775. The standard InChI is InChI=1S/C20H21ClN2O4.C8H10O2/c21-15-3-4-16-14(10-15)12-27-18(17-2-1-7-23(16)17)11-19(24)22-8-5-13(6-9-22)20(25)26;1-9-7-5-3-4-6-8(7)10-2/h1-4,7,10,13,18H,5-6,8-9,11-12H2,(H,25,26);3-6H,1-2H3/t18-;/m0./s1. The molecule has 9 heteroatoms. The first kappa shape index (κ1) is 26.6. The van der Waals surface area contributed by atoms with Crippen molar-refractivity contribution < 1.29 is 28.9 Å². The van der Waals surface area contributed by atoms with Crippen LogP contribution in [0.2, 0.25) is 5.02 Å². The predicted molar refractivity (Wildman–Crippen MR) is 139 cm³/mol. The van der Waals surface area contributed by atoms with Gasteiger partial charge in [0.25, 0.3) is 0 Å². The van der Waals surface area contributed by atoms with Crippen LogP contribution in [0.1, 0.15) is 36.6 Å². The lowest BCUT2D eigenvalue weighted by atomic mass is 9.96. The predicted octanol–water partition coefficient (Wildman–Crippen LogP) is 5.12. The molecule has 0 spiro atoms. The van der Waals surface area contributed by atoms with E-state index in [4.69, 9.17) is 30.9 Å². The molecule has 3 heterocycles. The first-order chi connectivity index (χ1) is 17.9. The van der Waals surface area contributed by atoms with Crippen molar-refractivity contribution in [1.29, 1.82) is 0 Å². The number of aromatic nitrogens is 1. The molecule has 5 rings (SSSR count). The van der Waals surface area contributed by atoms with E-state index in [1.165, 1.54) is 0 Å². The van der Waals surface area contributed by atoms with Crippen LogP contribution in [0.4, 0.5) is 0 Å². The summed E-state index contributed by atoms with van der Waals surface area (Å²) in [5, 5.41) is 9.77. The molecule has 37 heavy (non-hydrogen) atoms. The zero-order valence-corrected chi connectivity index (χ0v) is 21.7. The number of carboxylic acids is 1. The minimum Gasteiger partial charge on any atom is -0.493 e. The van der Waals surface area contributed by atoms with Gasteiger partial charge < -0.3 is 28.8 Å². The van der Waals surface area contributed by atoms with Gasteiger partial charge in [-0.1, -0.05) is 23.7 Å². The van der Waals surface area contributed by atoms with Gasteiger partial charge in [0, 0.05) is 29.9 Å². The zero-order valence-electron chi connectivity index (χ0n) is 20.9. The summed E-state index contributed by atoms with van der Waals surface area (Å²) in [5.41, 5.74) is 2.93. The number of carbonyl (C=O) groups is 2. The molecule has 2 aromatic carbocycles. The summed E-state index contributed by atoms with van der Waals surface area (Å²) in [4.78, 5) is 25.6. The van der Waals surface area contributed by atoms with E-state index in [9.17, 15) is 9.59 Å². The maximum atomic E-state index is 12.8. The minimum absolute atomic E-state index is 0.000535. The Kier molecular flexibility index (Phi) is 8.74. The van der Waals surface area contributed by atoms with Crippen LogP contribution in [0.5, 0.6) is 11.5 Å². The van der Waals surface area contributed by atoms with E-state index >= 15 is 0 Å². The van der Waals surface area contributed by atoms with E-state index < -0.39 is 5.97 Å². The molecule has 0 saturated carbocycles. The van der Waals surface area contributed by atoms with Gasteiger partial charge in [-0.15, -0.1) is 0 Å². The van der Waals surface area contributed by atoms with E-state index in [0.29, 0.717) is 37.6 Å². The second-order valence-electron chi connectivity index (χ2n) is 8.93. The summed E-state index contributed by atoms with van der Waals surface area (Å²) in [6.45, 7) is 1.36. The average molecular weight is 527 g/mol. The van der Waals surface area contributed by atoms with E-state index in [2.05, 4.69) is 0 Å². The van der Waals surface area contributed by atoms with Crippen molar-refractivity contribution >= 4 is 23.5 Å². The average Bonchev–Trinajstić information content (AvgIpc) is 3.36. The van der Waals surface area contributed by atoms with Gasteiger partial charge in [0.05, 0.1) is 44.5 Å². The number of methoxy groups -OCH3 is 2. The van der Waals surface area contributed by atoms with Crippen LogP contribution in [0, 0.1) is 5.92 Å². The fourth-order valence-corrected chi connectivity index (χ4v) is 4.87. The van der Waals surface area contributed by atoms with Crippen LogP contribution in [-0.4, -0.2) is 53.8 Å². The first-order valence-corrected chi connectivity index (χ1v) is 12.5. The smallest absolute Gasteiger partial charge is 0.306 e. The fourth-order valence-electron chi connectivity index (χ4n) is 4.67. The number of para-hydroxylation sites is 2. The first-order valence-electron chi connectivity index (χ1n) is 12.2. The van der Waals surface area contributed by atoms with Crippen LogP contribution in [-0.2, 0) is 20.9 Å². The SMILES string of the molecule is COc1ccccc1OC.O=C(O)C1CCN(C(=O)C[C@@H]2OCc3cc(Cl)ccc3-n3cccc32)CC1. The van der Waals surface area contributed by atoms with Crippen molar-refractivity contribution in [3.05, 3.63) is 77.1 Å². The third-order valence-electron chi connectivity index (χ3n) is 6.70. The Morgan fingerprint density at radius 1 is 1.03 bits per heavy atom. The number of rotatable bonds is 5. The van der Waals surface area contributed by atoms with Crippen LogP contribution in [0.3, 0.4) is 0 Å².